The van der Waals surface area contributed by atoms with Crippen LogP contribution in [0.2, 0.25) is 0 Å². The number of benzene rings is 1. The maximum Gasteiger partial charge on any atom is 0.289 e. The summed E-state index contributed by atoms with van der Waals surface area (Å²) in [5, 5.41) is 0.830. The molecule has 0 N–H and O–H groups in total. The van der Waals surface area contributed by atoms with Gasteiger partial charge in [-0.3, -0.25) is 4.79 Å². The van der Waals surface area contributed by atoms with Gasteiger partial charge >= 0.3 is 0 Å². The maximum atomic E-state index is 12.9. The van der Waals surface area contributed by atoms with E-state index in [2.05, 4.69) is 9.97 Å². The van der Waals surface area contributed by atoms with E-state index in [0.29, 0.717) is 36.2 Å². The quantitative estimate of drug-likeness (QED) is 0.669. The molecule has 3 aromatic rings. The van der Waals surface area contributed by atoms with Gasteiger partial charge in [-0.2, -0.15) is 0 Å². The first-order valence-electron chi connectivity index (χ1n) is 9.06. The van der Waals surface area contributed by atoms with Crippen molar-refractivity contribution in [1.29, 1.82) is 0 Å². The zero-order valence-corrected chi connectivity index (χ0v) is 15.8. The molecular formula is C20H21N3O5. The van der Waals surface area contributed by atoms with Crippen molar-refractivity contribution in [1.82, 2.24) is 14.9 Å². The van der Waals surface area contributed by atoms with Crippen molar-refractivity contribution in [3.05, 3.63) is 42.4 Å². The number of ether oxygens (including phenoxy) is 3. The minimum atomic E-state index is -0.187. The maximum absolute atomic E-state index is 12.9. The van der Waals surface area contributed by atoms with Crippen molar-refractivity contribution in [2.75, 3.05) is 27.3 Å². The molecule has 1 atom stereocenters. The van der Waals surface area contributed by atoms with Crippen LogP contribution < -0.4 is 14.2 Å². The summed E-state index contributed by atoms with van der Waals surface area (Å²) in [5.41, 5.74) is 0.651. The summed E-state index contributed by atoms with van der Waals surface area (Å²) in [7, 11) is 3.12. The summed E-state index contributed by atoms with van der Waals surface area (Å²) in [4.78, 5) is 22.9. The molecule has 8 heteroatoms. The molecule has 0 radical (unpaired) electrons. The highest BCUT2D eigenvalue weighted by atomic mass is 16.5. The molecule has 1 aliphatic rings. The average Bonchev–Trinajstić information content (AvgIpc) is 3.17. The van der Waals surface area contributed by atoms with E-state index in [4.69, 9.17) is 18.6 Å². The SMILES string of the molecule is COc1ccc2oc(C(=O)N3CCCC(Oc4nccnc4OC)C3)cc2c1. The Labute approximate surface area is 162 Å². The molecule has 2 aromatic heterocycles. The van der Waals surface area contributed by atoms with Gasteiger partial charge in [-0.05, 0) is 37.1 Å². The molecule has 3 heterocycles. The molecular weight excluding hydrogens is 362 g/mol. The number of likely N-dealkylation sites (tertiary alicyclic amines) is 1. The minimum absolute atomic E-state index is 0.158. The second-order valence-electron chi connectivity index (χ2n) is 6.52. The lowest BCUT2D eigenvalue weighted by molar-refractivity contribution is 0.0494. The van der Waals surface area contributed by atoms with Crippen molar-refractivity contribution in [2.45, 2.75) is 18.9 Å². The van der Waals surface area contributed by atoms with Gasteiger partial charge in [0, 0.05) is 24.3 Å². The molecule has 1 aromatic carbocycles. The number of fused-ring (bicyclic) bond motifs is 1. The molecule has 1 aliphatic heterocycles. The number of hydrogen-bond donors (Lipinski definition) is 0. The number of amides is 1. The number of methoxy groups -OCH3 is 2. The Bertz CT molecular complexity index is 987. The molecule has 4 rings (SSSR count). The first-order chi connectivity index (χ1) is 13.7. The predicted octanol–water partition coefficient (Wildman–Crippen LogP) is 2.92. The Morgan fingerprint density at radius 2 is 1.96 bits per heavy atom. The highest BCUT2D eigenvalue weighted by molar-refractivity contribution is 5.96. The normalized spacial score (nSPS) is 16.8. The van der Waals surface area contributed by atoms with Gasteiger partial charge in [0.2, 0.25) is 0 Å². The lowest BCUT2D eigenvalue weighted by Gasteiger charge is -2.32. The van der Waals surface area contributed by atoms with E-state index in [1.54, 1.807) is 42.6 Å². The fraction of sp³-hybridized carbons (Fsp3) is 0.350. The first-order valence-corrected chi connectivity index (χ1v) is 9.06. The van der Waals surface area contributed by atoms with Gasteiger partial charge in [-0.15, -0.1) is 0 Å². The monoisotopic (exact) mass is 383 g/mol. The van der Waals surface area contributed by atoms with Crippen molar-refractivity contribution < 1.29 is 23.4 Å². The van der Waals surface area contributed by atoms with Crippen LogP contribution in [0.25, 0.3) is 11.0 Å². The first kappa shape index (κ1) is 18.1. The van der Waals surface area contributed by atoms with Crippen molar-refractivity contribution in [3.63, 3.8) is 0 Å². The van der Waals surface area contributed by atoms with Crippen molar-refractivity contribution in [2.24, 2.45) is 0 Å². The van der Waals surface area contributed by atoms with E-state index < -0.39 is 0 Å². The van der Waals surface area contributed by atoms with Gasteiger partial charge in [0.05, 0.1) is 20.8 Å². The molecule has 0 saturated carbocycles. The van der Waals surface area contributed by atoms with E-state index in [1.807, 2.05) is 6.07 Å². The van der Waals surface area contributed by atoms with Gasteiger partial charge in [0.15, 0.2) is 5.76 Å². The zero-order valence-electron chi connectivity index (χ0n) is 15.8. The van der Waals surface area contributed by atoms with Gasteiger partial charge in [-0.1, -0.05) is 0 Å². The molecule has 1 fully saturated rings. The molecule has 0 spiro atoms. The zero-order chi connectivity index (χ0) is 19.5. The Balaban J connectivity index is 1.49. The molecule has 146 valence electrons. The van der Waals surface area contributed by atoms with Gasteiger partial charge < -0.3 is 23.5 Å². The summed E-state index contributed by atoms with van der Waals surface area (Å²) in [5.74, 6) is 1.53. The molecule has 0 bridgehead atoms. The second-order valence-corrected chi connectivity index (χ2v) is 6.52. The number of carbonyl (C=O) groups excluding carboxylic acids is 1. The Kier molecular flexibility index (Phi) is 5.01. The highest BCUT2D eigenvalue weighted by Crippen LogP contribution is 2.27. The van der Waals surface area contributed by atoms with Crippen LogP contribution >= 0.6 is 0 Å². The van der Waals surface area contributed by atoms with E-state index in [0.717, 1.165) is 24.0 Å². The Morgan fingerprint density at radius 3 is 2.75 bits per heavy atom. The number of nitrogens with zero attached hydrogens (tertiary/aromatic N) is 3. The Hall–Kier alpha value is -3.29. The van der Waals surface area contributed by atoms with Crippen LogP contribution in [0.1, 0.15) is 23.4 Å². The van der Waals surface area contributed by atoms with Gasteiger partial charge in [0.1, 0.15) is 17.4 Å². The molecule has 0 aliphatic carbocycles. The Morgan fingerprint density at radius 1 is 1.14 bits per heavy atom. The lowest BCUT2D eigenvalue weighted by Crippen LogP contribution is -2.44. The predicted molar refractivity (Wildman–Crippen MR) is 101 cm³/mol. The summed E-state index contributed by atoms with van der Waals surface area (Å²) in [6.45, 7) is 1.09. The third kappa shape index (κ3) is 3.58. The molecule has 1 saturated heterocycles. The highest BCUT2D eigenvalue weighted by Gasteiger charge is 2.28. The molecule has 8 nitrogen and oxygen atoms in total. The number of piperidine rings is 1. The van der Waals surface area contributed by atoms with Gasteiger partial charge in [-0.25, -0.2) is 9.97 Å². The topological polar surface area (TPSA) is 86.9 Å². The number of aromatic nitrogens is 2. The largest absolute Gasteiger partial charge is 0.497 e. The van der Waals surface area contributed by atoms with Crippen LogP contribution in [0, 0.1) is 0 Å². The number of carbonyl (C=O) groups is 1. The van der Waals surface area contributed by atoms with Crippen LogP contribution in [-0.4, -0.2) is 54.2 Å². The van der Waals surface area contributed by atoms with E-state index in [9.17, 15) is 4.79 Å². The van der Waals surface area contributed by atoms with Crippen LogP contribution in [-0.2, 0) is 0 Å². The molecule has 1 amide bonds. The van der Waals surface area contributed by atoms with E-state index >= 15 is 0 Å². The van der Waals surface area contributed by atoms with E-state index in [1.165, 1.54) is 7.11 Å². The summed E-state index contributed by atoms with van der Waals surface area (Å²) in [6, 6.07) is 7.20. The van der Waals surface area contributed by atoms with Crippen molar-refractivity contribution in [3.8, 4) is 17.5 Å². The van der Waals surface area contributed by atoms with Crippen LogP contribution in [0.4, 0.5) is 0 Å². The number of hydrogen-bond acceptors (Lipinski definition) is 7. The van der Waals surface area contributed by atoms with Crippen LogP contribution in [0.3, 0.4) is 0 Å². The fourth-order valence-corrected chi connectivity index (χ4v) is 3.32. The third-order valence-electron chi connectivity index (χ3n) is 4.70. The summed E-state index contributed by atoms with van der Waals surface area (Å²) >= 11 is 0. The minimum Gasteiger partial charge on any atom is -0.497 e. The molecule has 28 heavy (non-hydrogen) atoms. The fourth-order valence-electron chi connectivity index (χ4n) is 3.32. The lowest BCUT2D eigenvalue weighted by atomic mass is 10.1. The smallest absolute Gasteiger partial charge is 0.289 e. The van der Waals surface area contributed by atoms with Gasteiger partial charge in [0.25, 0.3) is 17.7 Å². The summed E-state index contributed by atoms with van der Waals surface area (Å²) in [6.07, 6.45) is 4.55. The van der Waals surface area contributed by atoms with Crippen LogP contribution in [0.5, 0.6) is 17.5 Å². The van der Waals surface area contributed by atoms with E-state index in [-0.39, 0.29) is 12.0 Å². The second kappa shape index (κ2) is 7.75. The third-order valence-corrected chi connectivity index (χ3v) is 4.70. The van der Waals surface area contributed by atoms with Crippen molar-refractivity contribution >= 4 is 16.9 Å². The summed E-state index contributed by atoms with van der Waals surface area (Å²) < 4.78 is 22.1. The molecule has 1 unspecified atom stereocenters. The average molecular weight is 383 g/mol. The standard InChI is InChI=1S/C20H21N3O5/c1-25-14-5-6-16-13(10-14)11-17(28-16)20(24)23-9-3-4-15(12-23)27-19-18(26-2)21-7-8-22-19/h5-8,10-11,15H,3-4,9,12H2,1-2H3. The number of furan rings is 1. The number of rotatable bonds is 5. The van der Waals surface area contributed by atoms with Crippen LogP contribution in [0.15, 0.2) is 41.1 Å².